The zero-order chi connectivity index (χ0) is 15.9. The molecule has 7 heteroatoms. The fourth-order valence-electron chi connectivity index (χ4n) is 1.79. The summed E-state index contributed by atoms with van der Waals surface area (Å²) in [5, 5.41) is 5.23. The molecule has 0 radical (unpaired) electrons. The van der Waals surface area contributed by atoms with Crippen LogP contribution in [0.3, 0.4) is 0 Å². The number of ether oxygens (including phenoxy) is 1. The minimum atomic E-state index is -0.419. The summed E-state index contributed by atoms with van der Waals surface area (Å²) in [6.07, 6.45) is 0.649. The maximum absolute atomic E-state index is 12.1. The Morgan fingerprint density at radius 1 is 1.41 bits per heavy atom. The third kappa shape index (κ3) is 4.12. The SMILES string of the molecule is CCOC(=O)c1cccc(NC(=O)c2csc(CCN)n2)c1. The van der Waals surface area contributed by atoms with Gasteiger partial charge in [0.2, 0.25) is 0 Å². The van der Waals surface area contributed by atoms with Gasteiger partial charge in [0.15, 0.2) is 0 Å². The molecule has 1 heterocycles. The number of nitrogens with one attached hydrogen (secondary N) is 1. The van der Waals surface area contributed by atoms with Crippen LogP contribution in [0.4, 0.5) is 5.69 Å². The van der Waals surface area contributed by atoms with Gasteiger partial charge in [-0.2, -0.15) is 0 Å². The third-order valence-electron chi connectivity index (χ3n) is 2.77. The molecule has 2 aromatic rings. The van der Waals surface area contributed by atoms with E-state index >= 15 is 0 Å². The normalized spacial score (nSPS) is 10.3. The molecule has 2 rings (SSSR count). The summed E-state index contributed by atoms with van der Waals surface area (Å²) in [6, 6.07) is 6.59. The molecule has 0 fully saturated rings. The van der Waals surface area contributed by atoms with Crippen LogP contribution in [0, 0.1) is 0 Å². The number of carbonyl (C=O) groups excluding carboxylic acids is 2. The Labute approximate surface area is 132 Å². The number of thiazole rings is 1. The highest BCUT2D eigenvalue weighted by atomic mass is 32.1. The summed E-state index contributed by atoms with van der Waals surface area (Å²) in [7, 11) is 0. The zero-order valence-corrected chi connectivity index (χ0v) is 13.0. The van der Waals surface area contributed by atoms with Gasteiger partial charge in [-0.15, -0.1) is 11.3 Å². The Bertz CT molecular complexity index is 670. The van der Waals surface area contributed by atoms with Crippen LogP contribution in [0.2, 0.25) is 0 Å². The van der Waals surface area contributed by atoms with Gasteiger partial charge in [-0.3, -0.25) is 4.79 Å². The molecule has 116 valence electrons. The molecule has 22 heavy (non-hydrogen) atoms. The van der Waals surface area contributed by atoms with E-state index in [9.17, 15) is 9.59 Å². The van der Waals surface area contributed by atoms with Gasteiger partial charge in [-0.25, -0.2) is 9.78 Å². The predicted octanol–water partition coefficient (Wildman–Crippen LogP) is 2.07. The Morgan fingerprint density at radius 3 is 2.95 bits per heavy atom. The maximum Gasteiger partial charge on any atom is 0.338 e. The van der Waals surface area contributed by atoms with Crippen molar-refractivity contribution >= 4 is 28.9 Å². The van der Waals surface area contributed by atoms with Crippen molar-refractivity contribution in [1.29, 1.82) is 0 Å². The predicted molar refractivity (Wildman–Crippen MR) is 85.2 cm³/mol. The summed E-state index contributed by atoms with van der Waals surface area (Å²) < 4.78 is 4.93. The molecule has 0 saturated carbocycles. The smallest absolute Gasteiger partial charge is 0.338 e. The largest absolute Gasteiger partial charge is 0.462 e. The van der Waals surface area contributed by atoms with Gasteiger partial charge in [0, 0.05) is 17.5 Å². The Hall–Kier alpha value is -2.25. The van der Waals surface area contributed by atoms with Crippen LogP contribution in [0.1, 0.15) is 32.8 Å². The molecule has 0 atom stereocenters. The number of esters is 1. The van der Waals surface area contributed by atoms with E-state index in [0.717, 1.165) is 5.01 Å². The van der Waals surface area contributed by atoms with Gasteiger partial charge in [0.25, 0.3) is 5.91 Å². The highest BCUT2D eigenvalue weighted by molar-refractivity contribution is 7.09. The maximum atomic E-state index is 12.1. The second-order valence-electron chi connectivity index (χ2n) is 4.42. The molecule has 0 bridgehead atoms. The van der Waals surface area contributed by atoms with Crippen molar-refractivity contribution < 1.29 is 14.3 Å². The van der Waals surface area contributed by atoms with E-state index in [4.69, 9.17) is 10.5 Å². The van der Waals surface area contributed by atoms with Crippen molar-refractivity contribution in [2.45, 2.75) is 13.3 Å². The van der Waals surface area contributed by atoms with Crippen LogP contribution in [-0.2, 0) is 11.2 Å². The first-order valence-electron chi connectivity index (χ1n) is 6.87. The Kier molecular flexibility index (Phi) is 5.62. The second kappa shape index (κ2) is 7.67. The van der Waals surface area contributed by atoms with Gasteiger partial charge < -0.3 is 15.8 Å². The minimum Gasteiger partial charge on any atom is -0.462 e. The molecule has 3 N–H and O–H groups in total. The fraction of sp³-hybridized carbons (Fsp3) is 0.267. The van der Waals surface area contributed by atoms with Crippen molar-refractivity contribution in [3.63, 3.8) is 0 Å². The summed E-state index contributed by atoms with van der Waals surface area (Å²) in [4.78, 5) is 28.0. The lowest BCUT2D eigenvalue weighted by Crippen LogP contribution is -2.13. The molecule has 0 aliphatic rings. The molecule has 1 aromatic carbocycles. The minimum absolute atomic E-state index is 0.304. The number of amides is 1. The molecule has 0 aliphatic carbocycles. The molecular weight excluding hydrogens is 302 g/mol. The molecule has 1 aromatic heterocycles. The van der Waals surface area contributed by atoms with Crippen molar-refractivity contribution in [3.8, 4) is 0 Å². The lowest BCUT2D eigenvalue weighted by molar-refractivity contribution is 0.0526. The topological polar surface area (TPSA) is 94.3 Å². The monoisotopic (exact) mass is 319 g/mol. The molecule has 0 spiro atoms. The number of aromatic nitrogens is 1. The number of nitrogens with two attached hydrogens (primary N) is 1. The summed E-state index contributed by atoms with van der Waals surface area (Å²) in [5.41, 5.74) is 6.71. The molecular formula is C15H17N3O3S. The van der Waals surface area contributed by atoms with Crippen LogP contribution < -0.4 is 11.1 Å². The van der Waals surface area contributed by atoms with Crippen molar-refractivity contribution in [1.82, 2.24) is 4.98 Å². The lowest BCUT2D eigenvalue weighted by atomic mass is 10.2. The average molecular weight is 319 g/mol. The van der Waals surface area contributed by atoms with Gasteiger partial charge >= 0.3 is 5.97 Å². The van der Waals surface area contributed by atoms with E-state index in [-0.39, 0.29) is 5.91 Å². The molecule has 0 aliphatic heterocycles. The first-order valence-corrected chi connectivity index (χ1v) is 7.75. The summed E-state index contributed by atoms with van der Waals surface area (Å²) >= 11 is 1.40. The fourth-order valence-corrected chi connectivity index (χ4v) is 2.58. The average Bonchev–Trinajstić information content (AvgIpc) is 2.97. The molecule has 1 amide bonds. The van der Waals surface area contributed by atoms with Gasteiger partial charge in [-0.1, -0.05) is 6.07 Å². The van der Waals surface area contributed by atoms with Crippen molar-refractivity contribution in [2.75, 3.05) is 18.5 Å². The van der Waals surface area contributed by atoms with Crippen LogP contribution in [0.5, 0.6) is 0 Å². The zero-order valence-electron chi connectivity index (χ0n) is 12.2. The molecule has 6 nitrogen and oxygen atoms in total. The van der Waals surface area contributed by atoms with Gasteiger partial charge in [0.05, 0.1) is 17.2 Å². The van der Waals surface area contributed by atoms with E-state index in [0.29, 0.717) is 36.5 Å². The first-order chi connectivity index (χ1) is 10.6. The number of hydrogen-bond acceptors (Lipinski definition) is 6. The standard InChI is InChI=1S/C15H17N3O3S/c1-2-21-15(20)10-4-3-5-11(8-10)17-14(19)12-9-22-13(18-12)6-7-16/h3-5,8-9H,2,6-7,16H2,1H3,(H,17,19). The number of anilines is 1. The van der Waals surface area contributed by atoms with E-state index < -0.39 is 5.97 Å². The van der Waals surface area contributed by atoms with E-state index in [1.165, 1.54) is 11.3 Å². The number of carbonyl (C=O) groups is 2. The highest BCUT2D eigenvalue weighted by Crippen LogP contribution is 2.15. The van der Waals surface area contributed by atoms with Crippen LogP contribution in [-0.4, -0.2) is 30.0 Å². The van der Waals surface area contributed by atoms with E-state index in [1.807, 2.05) is 0 Å². The first kappa shape index (κ1) is 16.1. The Morgan fingerprint density at radius 2 is 2.23 bits per heavy atom. The third-order valence-corrected chi connectivity index (χ3v) is 3.68. The van der Waals surface area contributed by atoms with Crippen LogP contribution in [0.15, 0.2) is 29.6 Å². The number of benzene rings is 1. The van der Waals surface area contributed by atoms with E-state index in [2.05, 4.69) is 10.3 Å². The van der Waals surface area contributed by atoms with Crippen LogP contribution in [0.25, 0.3) is 0 Å². The number of hydrogen-bond donors (Lipinski definition) is 2. The summed E-state index contributed by atoms with van der Waals surface area (Å²) in [5.74, 6) is -0.738. The second-order valence-corrected chi connectivity index (χ2v) is 5.36. The van der Waals surface area contributed by atoms with Crippen LogP contribution >= 0.6 is 11.3 Å². The lowest BCUT2D eigenvalue weighted by Gasteiger charge is -2.06. The quantitative estimate of drug-likeness (QED) is 0.795. The van der Waals surface area contributed by atoms with Gasteiger partial charge in [-0.05, 0) is 31.7 Å². The van der Waals surface area contributed by atoms with Gasteiger partial charge in [0.1, 0.15) is 5.69 Å². The van der Waals surface area contributed by atoms with Crippen molar-refractivity contribution in [3.05, 3.63) is 45.9 Å². The Balaban J connectivity index is 2.07. The highest BCUT2D eigenvalue weighted by Gasteiger charge is 2.12. The molecule has 0 unspecified atom stereocenters. The summed E-state index contributed by atoms with van der Waals surface area (Å²) in [6.45, 7) is 2.54. The number of rotatable bonds is 6. The van der Waals surface area contributed by atoms with E-state index in [1.54, 1.807) is 36.6 Å². The number of nitrogens with zero attached hydrogens (tertiary/aromatic N) is 1. The molecule has 0 saturated heterocycles. The van der Waals surface area contributed by atoms with Crippen molar-refractivity contribution in [2.24, 2.45) is 5.73 Å².